The average molecular weight is 483 g/mol. The van der Waals surface area contributed by atoms with Crippen molar-refractivity contribution in [1.29, 1.82) is 0 Å². The van der Waals surface area contributed by atoms with E-state index in [9.17, 15) is 9.59 Å². The van der Waals surface area contributed by atoms with Crippen LogP contribution in [0.2, 0.25) is 0 Å². The summed E-state index contributed by atoms with van der Waals surface area (Å²) in [5.41, 5.74) is 3.13. The molecule has 0 aliphatic carbocycles. The Balaban J connectivity index is 1.53. The highest BCUT2D eigenvalue weighted by Gasteiger charge is 2.21. The van der Waals surface area contributed by atoms with Crippen molar-refractivity contribution in [3.8, 4) is 5.75 Å². The molecule has 2 aromatic carbocycles. The number of benzene rings is 2. The summed E-state index contributed by atoms with van der Waals surface area (Å²) in [4.78, 5) is 24.5. The molecule has 0 spiro atoms. The maximum absolute atomic E-state index is 12.4. The molecule has 34 heavy (non-hydrogen) atoms. The smallest absolute Gasteiger partial charge is 0.321 e. The van der Waals surface area contributed by atoms with Gasteiger partial charge in [-0.3, -0.25) is 10.1 Å². The number of urea groups is 1. The van der Waals surface area contributed by atoms with Crippen LogP contribution in [-0.2, 0) is 17.9 Å². The van der Waals surface area contributed by atoms with Gasteiger partial charge in [0.15, 0.2) is 5.82 Å². The van der Waals surface area contributed by atoms with E-state index in [0.717, 1.165) is 34.2 Å². The van der Waals surface area contributed by atoms with Gasteiger partial charge < -0.3 is 15.9 Å². The molecule has 0 aliphatic rings. The number of nitrogens with two attached hydrogens (primary N) is 1. The normalized spacial score (nSPS) is 11.8. The molecule has 0 aliphatic heterocycles. The third-order valence-corrected chi connectivity index (χ3v) is 6.12. The maximum atomic E-state index is 12.4. The lowest BCUT2D eigenvalue weighted by molar-refractivity contribution is -0.119. The number of aryl methyl sites for hydroxylation is 1. The van der Waals surface area contributed by atoms with E-state index < -0.39 is 17.2 Å². The van der Waals surface area contributed by atoms with Crippen LogP contribution in [0, 0.1) is 6.92 Å². The van der Waals surface area contributed by atoms with Crippen molar-refractivity contribution in [2.75, 3.05) is 5.84 Å². The van der Waals surface area contributed by atoms with Gasteiger partial charge in [-0.05, 0) is 42.5 Å². The van der Waals surface area contributed by atoms with Crippen molar-refractivity contribution in [3.05, 3.63) is 71.0 Å². The number of carbonyl (C=O) groups is 2. The minimum Gasteiger partial charge on any atom is -0.485 e. The van der Waals surface area contributed by atoms with E-state index >= 15 is 0 Å². The fraction of sp³-hybridized carbons (Fsp3) is 0.333. The van der Waals surface area contributed by atoms with E-state index in [1.807, 2.05) is 43.3 Å². The fourth-order valence-corrected chi connectivity index (χ4v) is 3.91. The zero-order valence-corrected chi connectivity index (χ0v) is 20.6. The largest absolute Gasteiger partial charge is 0.485 e. The molecule has 0 bridgehead atoms. The fourth-order valence-electron chi connectivity index (χ4n) is 3.12. The molecule has 3 aromatic rings. The number of carbonyl (C=O) groups excluding carboxylic acids is 2. The number of hydrogen-bond donors (Lipinski definition) is 3. The number of hydrogen-bond acceptors (Lipinski definition) is 7. The molecular formula is C24H30N6O3S. The van der Waals surface area contributed by atoms with Gasteiger partial charge in [0.1, 0.15) is 12.4 Å². The lowest BCUT2D eigenvalue weighted by Gasteiger charge is -2.15. The molecular weight excluding hydrogens is 452 g/mol. The summed E-state index contributed by atoms with van der Waals surface area (Å²) < 4.78 is 7.28. The minimum atomic E-state index is -0.618. The molecule has 1 heterocycles. The SMILES string of the molecule is Cc1ccc(C(C)C)c(OCc2nnc(SC(C)C(=O)NC(=O)NCc3ccccc3)n2N)c1. The number of ether oxygens (including phenoxy) is 1. The highest BCUT2D eigenvalue weighted by Crippen LogP contribution is 2.28. The highest BCUT2D eigenvalue weighted by atomic mass is 32.2. The minimum absolute atomic E-state index is 0.135. The second-order valence-electron chi connectivity index (χ2n) is 8.17. The summed E-state index contributed by atoms with van der Waals surface area (Å²) in [6.45, 7) is 8.33. The maximum Gasteiger partial charge on any atom is 0.321 e. The van der Waals surface area contributed by atoms with Crippen LogP contribution in [-0.4, -0.2) is 32.1 Å². The van der Waals surface area contributed by atoms with Gasteiger partial charge >= 0.3 is 6.03 Å². The summed E-state index contributed by atoms with van der Waals surface area (Å²) in [6.07, 6.45) is 0. The van der Waals surface area contributed by atoms with Crippen molar-refractivity contribution < 1.29 is 14.3 Å². The van der Waals surface area contributed by atoms with Crippen LogP contribution in [0.1, 0.15) is 49.2 Å². The molecule has 10 heteroatoms. The van der Waals surface area contributed by atoms with Crippen LogP contribution < -0.4 is 21.2 Å². The standard InChI is InChI=1S/C24H30N6O3S/c1-15(2)19-11-10-16(3)12-20(19)33-14-21-28-29-24(30(21)25)34-17(4)22(31)27-23(32)26-13-18-8-6-5-7-9-18/h5-12,15,17H,13-14,25H2,1-4H3,(H2,26,27,31,32). The van der Waals surface area contributed by atoms with Crippen molar-refractivity contribution in [3.63, 3.8) is 0 Å². The van der Waals surface area contributed by atoms with Crippen LogP contribution >= 0.6 is 11.8 Å². The van der Waals surface area contributed by atoms with Crippen LogP contribution in [0.5, 0.6) is 5.75 Å². The third kappa shape index (κ3) is 6.74. The van der Waals surface area contributed by atoms with Gasteiger partial charge in [-0.25, -0.2) is 9.47 Å². The number of amides is 3. The van der Waals surface area contributed by atoms with Crippen molar-refractivity contribution >= 4 is 23.7 Å². The molecule has 9 nitrogen and oxygen atoms in total. The summed E-state index contributed by atoms with van der Waals surface area (Å²) in [6, 6.07) is 15.0. The average Bonchev–Trinajstić information content (AvgIpc) is 3.15. The Hall–Kier alpha value is -3.53. The first-order valence-corrected chi connectivity index (χ1v) is 11.8. The number of nitrogens with zero attached hydrogens (tertiary/aromatic N) is 3. The van der Waals surface area contributed by atoms with Gasteiger partial charge in [0.2, 0.25) is 11.1 Å². The Bertz CT molecular complexity index is 1130. The molecule has 1 unspecified atom stereocenters. The number of rotatable bonds is 9. The van der Waals surface area contributed by atoms with E-state index in [-0.39, 0.29) is 6.61 Å². The second kappa shape index (κ2) is 11.6. The van der Waals surface area contributed by atoms with Crippen LogP contribution in [0.25, 0.3) is 0 Å². The first-order chi connectivity index (χ1) is 16.2. The predicted molar refractivity (Wildman–Crippen MR) is 132 cm³/mol. The number of nitrogen functional groups attached to an aromatic ring is 1. The number of imide groups is 1. The summed E-state index contributed by atoms with van der Waals surface area (Å²) in [5, 5.41) is 12.9. The monoisotopic (exact) mass is 482 g/mol. The predicted octanol–water partition coefficient (Wildman–Crippen LogP) is 3.51. The summed E-state index contributed by atoms with van der Waals surface area (Å²) in [5.74, 6) is 7.19. The Morgan fingerprint density at radius 3 is 2.56 bits per heavy atom. The molecule has 3 amide bonds. The molecule has 4 N–H and O–H groups in total. The van der Waals surface area contributed by atoms with E-state index in [0.29, 0.717) is 23.4 Å². The van der Waals surface area contributed by atoms with Crippen molar-refractivity contribution in [2.24, 2.45) is 0 Å². The van der Waals surface area contributed by atoms with Crippen molar-refractivity contribution in [1.82, 2.24) is 25.5 Å². The van der Waals surface area contributed by atoms with Gasteiger partial charge in [-0.2, -0.15) is 0 Å². The van der Waals surface area contributed by atoms with Gasteiger partial charge in [-0.15, -0.1) is 10.2 Å². The van der Waals surface area contributed by atoms with E-state index in [2.05, 4.69) is 46.8 Å². The first-order valence-electron chi connectivity index (χ1n) is 11.0. The molecule has 0 saturated carbocycles. The van der Waals surface area contributed by atoms with Crippen molar-refractivity contribution in [2.45, 2.75) is 57.2 Å². The van der Waals surface area contributed by atoms with Crippen LogP contribution in [0.3, 0.4) is 0 Å². The Morgan fingerprint density at radius 2 is 1.85 bits per heavy atom. The number of nitrogens with one attached hydrogen (secondary N) is 2. The van der Waals surface area contributed by atoms with Gasteiger partial charge in [0.05, 0.1) is 5.25 Å². The summed E-state index contributed by atoms with van der Waals surface area (Å²) >= 11 is 1.10. The Morgan fingerprint density at radius 1 is 1.12 bits per heavy atom. The quantitative estimate of drug-likeness (QED) is 0.315. The second-order valence-corrected chi connectivity index (χ2v) is 9.48. The van der Waals surface area contributed by atoms with E-state index in [1.54, 1.807) is 6.92 Å². The molecule has 3 rings (SSSR count). The highest BCUT2D eigenvalue weighted by molar-refractivity contribution is 8.00. The van der Waals surface area contributed by atoms with Gasteiger partial charge in [0.25, 0.3) is 0 Å². The van der Waals surface area contributed by atoms with E-state index in [4.69, 9.17) is 10.6 Å². The molecule has 1 atom stereocenters. The lowest BCUT2D eigenvalue weighted by Crippen LogP contribution is -2.42. The lowest BCUT2D eigenvalue weighted by atomic mass is 10.0. The zero-order valence-electron chi connectivity index (χ0n) is 19.7. The Kier molecular flexibility index (Phi) is 8.53. The Labute approximate surface area is 203 Å². The first kappa shape index (κ1) is 25.1. The molecule has 0 radical (unpaired) electrons. The molecule has 1 aromatic heterocycles. The zero-order chi connectivity index (χ0) is 24.7. The third-order valence-electron chi connectivity index (χ3n) is 5.07. The molecule has 0 fully saturated rings. The summed E-state index contributed by atoms with van der Waals surface area (Å²) in [7, 11) is 0. The molecule has 180 valence electrons. The molecule has 0 saturated heterocycles. The number of thioether (sulfide) groups is 1. The number of aromatic nitrogens is 3. The van der Waals surface area contributed by atoms with E-state index in [1.165, 1.54) is 4.68 Å². The van der Waals surface area contributed by atoms with Gasteiger partial charge in [-0.1, -0.05) is 68.1 Å². The van der Waals surface area contributed by atoms with Crippen LogP contribution in [0.15, 0.2) is 53.7 Å². The van der Waals surface area contributed by atoms with Gasteiger partial charge in [0, 0.05) is 6.54 Å². The topological polar surface area (TPSA) is 124 Å². The van der Waals surface area contributed by atoms with Crippen LogP contribution in [0.4, 0.5) is 4.79 Å².